The largest absolute Gasteiger partial charge is 0.493 e. The van der Waals surface area contributed by atoms with Crippen molar-refractivity contribution in [1.29, 1.82) is 0 Å². The average Bonchev–Trinajstić information content (AvgIpc) is 2.64. The van der Waals surface area contributed by atoms with E-state index in [9.17, 15) is 0 Å². The molecule has 0 aromatic heterocycles. The van der Waals surface area contributed by atoms with Crippen molar-refractivity contribution in [2.24, 2.45) is 0 Å². The molecule has 1 aliphatic rings. The molecule has 3 rings (SSSR count). The zero-order valence-corrected chi connectivity index (χ0v) is 15.7. The number of methoxy groups -OCH3 is 1. The van der Waals surface area contributed by atoms with Crippen LogP contribution >= 0.6 is 15.9 Å². The quantitative estimate of drug-likeness (QED) is 0.691. The number of nitrogens with zero attached hydrogens (tertiary/aromatic N) is 1. The van der Waals surface area contributed by atoms with E-state index in [2.05, 4.69) is 39.0 Å². The van der Waals surface area contributed by atoms with Gasteiger partial charge in [-0.15, -0.1) is 0 Å². The van der Waals surface area contributed by atoms with E-state index in [0.29, 0.717) is 6.61 Å². The molecular formula is C20H24BrNO2. The molecule has 128 valence electrons. The van der Waals surface area contributed by atoms with Crippen LogP contribution in [0, 0.1) is 0 Å². The first-order valence-electron chi connectivity index (χ1n) is 8.52. The molecule has 0 radical (unpaired) electrons. The third-order valence-electron chi connectivity index (χ3n) is 4.43. The van der Waals surface area contributed by atoms with E-state index in [1.165, 1.54) is 37.9 Å². The molecule has 0 amide bonds. The molecule has 0 bridgehead atoms. The van der Waals surface area contributed by atoms with Gasteiger partial charge in [-0.25, -0.2) is 0 Å². The SMILES string of the molecule is COc1ccc(CN2CCCCC2)c(Br)c1OCc1ccccc1. The highest BCUT2D eigenvalue weighted by atomic mass is 79.9. The Morgan fingerprint density at radius 1 is 1.00 bits per heavy atom. The van der Waals surface area contributed by atoms with E-state index < -0.39 is 0 Å². The van der Waals surface area contributed by atoms with Crippen molar-refractivity contribution in [3.63, 3.8) is 0 Å². The maximum absolute atomic E-state index is 6.08. The summed E-state index contributed by atoms with van der Waals surface area (Å²) in [7, 11) is 1.68. The lowest BCUT2D eigenvalue weighted by atomic mass is 10.1. The van der Waals surface area contributed by atoms with Crippen molar-refractivity contribution in [3.05, 3.63) is 58.1 Å². The summed E-state index contributed by atoms with van der Waals surface area (Å²) in [6, 6.07) is 14.3. The van der Waals surface area contributed by atoms with Crippen LogP contribution in [0.5, 0.6) is 11.5 Å². The summed E-state index contributed by atoms with van der Waals surface area (Å²) >= 11 is 3.74. The zero-order chi connectivity index (χ0) is 16.8. The summed E-state index contributed by atoms with van der Waals surface area (Å²) in [4.78, 5) is 2.51. The van der Waals surface area contributed by atoms with E-state index in [1.54, 1.807) is 7.11 Å². The number of piperidine rings is 1. The maximum atomic E-state index is 6.08. The van der Waals surface area contributed by atoms with Gasteiger partial charge in [0.25, 0.3) is 0 Å². The monoisotopic (exact) mass is 389 g/mol. The fourth-order valence-corrected chi connectivity index (χ4v) is 3.65. The number of likely N-dealkylation sites (tertiary alicyclic amines) is 1. The van der Waals surface area contributed by atoms with Crippen LogP contribution in [-0.4, -0.2) is 25.1 Å². The molecular weight excluding hydrogens is 366 g/mol. The zero-order valence-electron chi connectivity index (χ0n) is 14.1. The normalized spacial score (nSPS) is 15.2. The smallest absolute Gasteiger partial charge is 0.176 e. The Kier molecular flexibility index (Phi) is 6.16. The first-order valence-corrected chi connectivity index (χ1v) is 9.31. The van der Waals surface area contributed by atoms with Crippen molar-refractivity contribution in [2.45, 2.75) is 32.4 Å². The summed E-state index contributed by atoms with van der Waals surface area (Å²) in [6.45, 7) is 3.84. The highest BCUT2D eigenvalue weighted by Gasteiger charge is 2.17. The standard InChI is InChI=1S/C20H24BrNO2/c1-23-18-11-10-17(14-22-12-6-3-7-13-22)19(21)20(18)24-15-16-8-4-2-5-9-16/h2,4-5,8-11H,3,6-7,12-15H2,1H3. The molecule has 1 aliphatic heterocycles. The molecule has 0 atom stereocenters. The Balaban J connectivity index is 1.76. The van der Waals surface area contributed by atoms with Crippen LogP contribution in [0.25, 0.3) is 0 Å². The number of benzene rings is 2. The van der Waals surface area contributed by atoms with Gasteiger partial charge in [-0.2, -0.15) is 0 Å². The lowest BCUT2D eigenvalue weighted by molar-refractivity contribution is 0.219. The summed E-state index contributed by atoms with van der Waals surface area (Å²) in [6.07, 6.45) is 3.95. The van der Waals surface area contributed by atoms with Crippen LogP contribution in [0.15, 0.2) is 46.9 Å². The molecule has 3 nitrogen and oxygen atoms in total. The molecule has 0 aliphatic carbocycles. The van der Waals surface area contributed by atoms with Crippen molar-refractivity contribution in [2.75, 3.05) is 20.2 Å². The minimum absolute atomic E-state index is 0.531. The second-order valence-electron chi connectivity index (χ2n) is 6.18. The highest BCUT2D eigenvalue weighted by Crippen LogP contribution is 2.39. The van der Waals surface area contributed by atoms with Gasteiger partial charge in [-0.05, 0) is 59.1 Å². The van der Waals surface area contributed by atoms with Crippen LogP contribution in [0.3, 0.4) is 0 Å². The summed E-state index contributed by atoms with van der Waals surface area (Å²) in [5.41, 5.74) is 2.40. The Morgan fingerprint density at radius 3 is 2.46 bits per heavy atom. The van der Waals surface area contributed by atoms with Crippen LogP contribution in [0.4, 0.5) is 0 Å². The second kappa shape index (κ2) is 8.54. The predicted molar refractivity (Wildman–Crippen MR) is 101 cm³/mol. The topological polar surface area (TPSA) is 21.7 Å². The number of halogens is 1. The number of hydrogen-bond acceptors (Lipinski definition) is 3. The summed E-state index contributed by atoms with van der Waals surface area (Å²) in [5, 5.41) is 0. The van der Waals surface area contributed by atoms with Crippen LogP contribution in [0.2, 0.25) is 0 Å². The van der Waals surface area contributed by atoms with Gasteiger partial charge in [-0.3, -0.25) is 4.90 Å². The molecule has 0 saturated carbocycles. The van der Waals surface area contributed by atoms with Gasteiger partial charge in [0.05, 0.1) is 11.6 Å². The van der Waals surface area contributed by atoms with Gasteiger partial charge in [-0.1, -0.05) is 42.8 Å². The van der Waals surface area contributed by atoms with Gasteiger partial charge in [0, 0.05) is 6.54 Å². The Morgan fingerprint density at radius 2 is 1.75 bits per heavy atom. The minimum Gasteiger partial charge on any atom is -0.493 e. The number of ether oxygens (including phenoxy) is 2. The summed E-state index contributed by atoms with van der Waals surface area (Å²) in [5.74, 6) is 1.55. The van der Waals surface area contributed by atoms with Gasteiger partial charge in [0.2, 0.25) is 0 Å². The Labute approximate surface area is 152 Å². The fraction of sp³-hybridized carbons (Fsp3) is 0.400. The van der Waals surface area contributed by atoms with Crippen LogP contribution in [-0.2, 0) is 13.2 Å². The first kappa shape index (κ1) is 17.3. The second-order valence-corrected chi connectivity index (χ2v) is 6.97. The lowest BCUT2D eigenvalue weighted by Gasteiger charge is -2.27. The number of rotatable bonds is 6. The molecule has 1 fully saturated rings. The lowest BCUT2D eigenvalue weighted by Crippen LogP contribution is -2.29. The minimum atomic E-state index is 0.531. The molecule has 0 N–H and O–H groups in total. The molecule has 24 heavy (non-hydrogen) atoms. The molecule has 4 heteroatoms. The molecule has 2 aromatic rings. The van der Waals surface area contributed by atoms with E-state index in [0.717, 1.165) is 28.1 Å². The van der Waals surface area contributed by atoms with E-state index in [1.807, 2.05) is 24.3 Å². The Bertz CT molecular complexity index is 654. The van der Waals surface area contributed by atoms with Gasteiger partial charge < -0.3 is 9.47 Å². The maximum Gasteiger partial charge on any atom is 0.176 e. The van der Waals surface area contributed by atoms with Gasteiger partial charge >= 0.3 is 0 Å². The predicted octanol–water partition coefficient (Wildman–Crippen LogP) is 5.02. The van der Waals surface area contributed by atoms with E-state index in [-0.39, 0.29) is 0 Å². The average molecular weight is 390 g/mol. The molecule has 0 spiro atoms. The molecule has 0 unspecified atom stereocenters. The van der Waals surface area contributed by atoms with Crippen LogP contribution in [0.1, 0.15) is 30.4 Å². The van der Waals surface area contributed by atoms with E-state index in [4.69, 9.17) is 9.47 Å². The van der Waals surface area contributed by atoms with Crippen molar-refractivity contribution in [1.82, 2.24) is 4.90 Å². The fourth-order valence-electron chi connectivity index (χ4n) is 3.08. The summed E-state index contributed by atoms with van der Waals surface area (Å²) < 4.78 is 12.6. The van der Waals surface area contributed by atoms with Gasteiger partial charge in [0.1, 0.15) is 6.61 Å². The highest BCUT2D eigenvalue weighted by molar-refractivity contribution is 9.10. The van der Waals surface area contributed by atoms with Gasteiger partial charge in [0.15, 0.2) is 11.5 Å². The van der Waals surface area contributed by atoms with E-state index >= 15 is 0 Å². The molecule has 2 aromatic carbocycles. The Hall–Kier alpha value is -1.52. The van der Waals surface area contributed by atoms with Crippen molar-refractivity contribution >= 4 is 15.9 Å². The third kappa shape index (κ3) is 4.31. The van der Waals surface area contributed by atoms with Crippen molar-refractivity contribution < 1.29 is 9.47 Å². The number of hydrogen-bond donors (Lipinski definition) is 0. The van der Waals surface area contributed by atoms with Crippen LogP contribution < -0.4 is 9.47 Å². The first-order chi connectivity index (χ1) is 11.8. The molecule has 1 saturated heterocycles. The van der Waals surface area contributed by atoms with Crippen molar-refractivity contribution in [3.8, 4) is 11.5 Å². The third-order valence-corrected chi connectivity index (χ3v) is 5.30. The molecule has 1 heterocycles.